The van der Waals surface area contributed by atoms with E-state index in [1.54, 1.807) is 7.11 Å². The van der Waals surface area contributed by atoms with Gasteiger partial charge in [-0.2, -0.15) is 0 Å². The molecule has 5 rings (SSSR count). The van der Waals surface area contributed by atoms with E-state index in [0.717, 1.165) is 37.9 Å². The zero-order valence-corrected chi connectivity index (χ0v) is 19.9. The van der Waals surface area contributed by atoms with Crippen LogP contribution in [0, 0.1) is 46.8 Å². The van der Waals surface area contributed by atoms with E-state index < -0.39 is 5.60 Å². The van der Waals surface area contributed by atoms with Crippen molar-refractivity contribution in [1.82, 2.24) is 0 Å². The lowest BCUT2D eigenvalue weighted by atomic mass is 9.45. The summed E-state index contributed by atoms with van der Waals surface area (Å²) in [5.41, 5.74) is 1.59. The summed E-state index contributed by atoms with van der Waals surface area (Å²) in [4.78, 5) is 12.3. The van der Waals surface area contributed by atoms with Gasteiger partial charge >= 0.3 is 0 Å². The molecule has 3 saturated carbocycles. The van der Waals surface area contributed by atoms with Crippen LogP contribution in [0.1, 0.15) is 70.8 Å². The maximum absolute atomic E-state index is 12.3. The lowest BCUT2D eigenvalue weighted by Gasteiger charge is -2.60. The second-order valence-corrected chi connectivity index (χ2v) is 11.0. The highest BCUT2D eigenvalue weighted by Crippen LogP contribution is 2.69. The van der Waals surface area contributed by atoms with Crippen molar-refractivity contribution in [2.24, 2.45) is 35.0 Å². The first-order chi connectivity index (χ1) is 15.3. The zero-order chi connectivity index (χ0) is 22.7. The molecule has 3 nitrogen and oxygen atoms in total. The van der Waals surface area contributed by atoms with Crippen molar-refractivity contribution in [3.8, 4) is 17.6 Å². The van der Waals surface area contributed by atoms with E-state index >= 15 is 0 Å². The number of ether oxygens (including phenoxy) is 1. The van der Waals surface area contributed by atoms with E-state index in [4.69, 9.17) is 4.74 Å². The summed E-state index contributed by atoms with van der Waals surface area (Å²) in [6.07, 6.45) is 7.42. The summed E-state index contributed by atoms with van der Waals surface area (Å²) in [6.45, 7) is 6.54. The minimum atomic E-state index is -0.916. The molecule has 4 aliphatic carbocycles. The number of carbonyl (C=O) groups is 1. The number of benzene rings is 1. The van der Waals surface area contributed by atoms with E-state index in [1.165, 1.54) is 11.1 Å². The molecule has 0 amide bonds. The van der Waals surface area contributed by atoms with Gasteiger partial charge in [0.05, 0.1) is 7.11 Å². The Morgan fingerprint density at radius 3 is 2.56 bits per heavy atom. The number of fused-ring (bicyclic) bond motifs is 5. The number of hydrogen-bond donors (Lipinski definition) is 1. The molecule has 0 aliphatic heterocycles. The van der Waals surface area contributed by atoms with E-state index in [2.05, 4.69) is 50.0 Å². The Bertz CT molecular complexity index is 995. The van der Waals surface area contributed by atoms with Gasteiger partial charge in [-0.1, -0.05) is 37.5 Å². The van der Waals surface area contributed by atoms with Gasteiger partial charge in [-0.3, -0.25) is 4.79 Å². The molecule has 1 aromatic rings. The van der Waals surface area contributed by atoms with Crippen LogP contribution < -0.4 is 4.74 Å². The molecular weight excluding hydrogens is 396 g/mol. The highest BCUT2D eigenvalue weighted by Gasteiger charge is 2.65. The van der Waals surface area contributed by atoms with E-state index in [9.17, 15) is 9.90 Å². The SMILES string of the molecule is CC#C[C@]1(O)CC[C@H]2[C@H]3[C@H]([C@@H](c4ccc(OC)cc4)C[C@@]21C)[C@H]1CCC(=O)C=C1C[C@H]3C. The molecule has 4 aliphatic rings. The van der Waals surface area contributed by atoms with Gasteiger partial charge in [-0.25, -0.2) is 0 Å². The number of methoxy groups -OCH3 is 1. The molecule has 0 saturated heterocycles. The molecule has 0 bridgehead atoms. The quantitative estimate of drug-likeness (QED) is 0.625. The molecule has 8 atom stereocenters. The summed E-state index contributed by atoms with van der Waals surface area (Å²) < 4.78 is 5.43. The maximum atomic E-state index is 12.3. The van der Waals surface area contributed by atoms with Crippen LogP contribution in [0.25, 0.3) is 0 Å². The predicted octanol–water partition coefficient (Wildman–Crippen LogP) is 5.53. The molecule has 0 spiro atoms. The van der Waals surface area contributed by atoms with Gasteiger partial charge in [0.25, 0.3) is 0 Å². The largest absolute Gasteiger partial charge is 0.497 e. The first-order valence-electron chi connectivity index (χ1n) is 12.3. The summed E-state index contributed by atoms with van der Waals surface area (Å²) in [5, 5.41) is 11.8. The number of rotatable bonds is 2. The van der Waals surface area contributed by atoms with Gasteiger partial charge in [0.2, 0.25) is 0 Å². The Kier molecular flexibility index (Phi) is 5.29. The molecule has 0 unspecified atom stereocenters. The molecule has 0 radical (unpaired) electrons. The fourth-order valence-electron chi connectivity index (χ4n) is 8.30. The summed E-state index contributed by atoms with van der Waals surface area (Å²) in [5.74, 6) is 10.4. The normalized spacial score (nSPS) is 42.7. The molecule has 170 valence electrons. The first kappa shape index (κ1) is 21.8. The number of aliphatic hydroxyl groups is 1. The first-order valence-corrected chi connectivity index (χ1v) is 12.3. The second-order valence-electron chi connectivity index (χ2n) is 11.0. The molecule has 1 N–H and O–H groups in total. The lowest BCUT2D eigenvalue weighted by molar-refractivity contribution is -0.119. The van der Waals surface area contributed by atoms with E-state index in [1.807, 2.05) is 13.0 Å². The van der Waals surface area contributed by atoms with Gasteiger partial charge in [0, 0.05) is 11.8 Å². The molecular formula is C29H36O3. The highest BCUT2D eigenvalue weighted by atomic mass is 16.5. The Morgan fingerprint density at radius 1 is 1.12 bits per heavy atom. The van der Waals surface area contributed by atoms with Gasteiger partial charge < -0.3 is 9.84 Å². The van der Waals surface area contributed by atoms with Crippen molar-refractivity contribution in [1.29, 1.82) is 0 Å². The third kappa shape index (κ3) is 3.10. The monoisotopic (exact) mass is 432 g/mol. The van der Waals surface area contributed by atoms with Crippen LogP contribution in [0.15, 0.2) is 35.9 Å². The van der Waals surface area contributed by atoms with Crippen molar-refractivity contribution in [3.05, 3.63) is 41.5 Å². The summed E-state index contributed by atoms with van der Waals surface area (Å²) >= 11 is 0. The molecule has 3 heteroatoms. The van der Waals surface area contributed by atoms with Crippen molar-refractivity contribution < 1.29 is 14.6 Å². The number of ketones is 1. The maximum Gasteiger partial charge on any atom is 0.155 e. The average Bonchev–Trinajstić information content (AvgIpc) is 3.03. The number of allylic oxidation sites excluding steroid dienone is 1. The van der Waals surface area contributed by atoms with Gasteiger partial charge in [-0.15, -0.1) is 5.92 Å². The third-order valence-electron chi connectivity index (χ3n) is 9.68. The number of hydrogen-bond acceptors (Lipinski definition) is 3. The fourth-order valence-corrected chi connectivity index (χ4v) is 8.30. The van der Waals surface area contributed by atoms with Crippen LogP contribution >= 0.6 is 0 Å². The van der Waals surface area contributed by atoms with Crippen molar-refractivity contribution >= 4 is 5.78 Å². The third-order valence-corrected chi connectivity index (χ3v) is 9.68. The summed E-state index contributed by atoms with van der Waals surface area (Å²) in [7, 11) is 1.71. The Labute approximate surface area is 192 Å². The lowest BCUT2D eigenvalue weighted by Crippen LogP contribution is -2.56. The van der Waals surface area contributed by atoms with Gasteiger partial charge in [-0.05, 0) is 98.3 Å². The topological polar surface area (TPSA) is 46.5 Å². The Morgan fingerprint density at radius 2 is 1.88 bits per heavy atom. The van der Waals surface area contributed by atoms with Gasteiger partial charge in [0.1, 0.15) is 11.4 Å². The van der Waals surface area contributed by atoms with Crippen LogP contribution in [0.3, 0.4) is 0 Å². The standard InChI is InChI=1S/C29H36O3/c1-5-13-29(31)14-12-25-26-18(2)15-20-16-21(30)8-11-23(20)27(26)24(17-28(25,29)3)19-6-9-22(32-4)10-7-19/h6-7,9-10,16,18,23-27,31H,8,11-12,14-15,17H2,1-4H3/t18-,23+,24-,25+,26+,27+,28+,29+/m1/s1. The second kappa shape index (κ2) is 7.77. The fraction of sp³-hybridized carbons (Fsp3) is 0.621. The van der Waals surface area contributed by atoms with Crippen molar-refractivity contribution in [3.63, 3.8) is 0 Å². The molecule has 0 aromatic heterocycles. The zero-order valence-electron chi connectivity index (χ0n) is 19.9. The van der Waals surface area contributed by atoms with E-state index in [-0.39, 0.29) is 5.41 Å². The van der Waals surface area contributed by atoms with Crippen LogP contribution in [0.5, 0.6) is 5.75 Å². The van der Waals surface area contributed by atoms with Gasteiger partial charge in [0.15, 0.2) is 5.78 Å². The minimum Gasteiger partial charge on any atom is -0.497 e. The summed E-state index contributed by atoms with van der Waals surface area (Å²) in [6, 6.07) is 8.58. The molecule has 1 aromatic carbocycles. The predicted molar refractivity (Wildman–Crippen MR) is 126 cm³/mol. The Hall–Kier alpha value is -2.05. The molecule has 3 fully saturated rings. The number of carbonyl (C=O) groups excluding carboxylic acids is 1. The molecule has 0 heterocycles. The van der Waals surface area contributed by atoms with Crippen LogP contribution in [-0.4, -0.2) is 23.6 Å². The smallest absolute Gasteiger partial charge is 0.155 e. The Balaban J connectivity index is 1.64. The minimum absolute atomic E-state index is 0.221. The van der Waals surface area contributed by atoms with Crippen LogP contribution in [0.2, 0.25) is 0 Å². The van der Waals surface area contributed by atoms with Crippen LogP contribution in [-0.2, 0) is 4.79 Å². The molecule has 32 heavy (non-hydrogen) atoms. The average molecular weight is 433 g/mol. The highest BCUT2D eigenvalue weighted by molar-refractivity contribution is 5.91. The van der Waals surface area contributed by atoms with Crippen molar-refractivity contribution in [2.45, 2.75) is 70.8 Å². The van der Waals surface area contributed by atoms with E-state index in [0.29, 0.717) is 47.7 Å². The van der Waals surface area contributed by atoms with Crippen molar-refractivity contribution in [2.75, 3.05) is 7.11 Å². The van der Waals surface area contributed by atoms with Crippen LogP contribution in [0.4, 0.5) is 0 Å².